The average molecular weight is 364 g/mol. The van der Waals surface area contributed by atoms with Crippen molar-refractivity contribution in [2.75, 3.05) is 6.61 Å². The number of hydrogen-bond donors (Lipinski definition) is 0. The maximum atomic E-state index is 11.8. The maximum absolute atomic E-state index is 11.8. The van der Waals surface area contributed by atoms with Gasteiger partial charge >= 0.3 is 11.9 Å². The molecular formula is C21H32O5. The van der Waals surface area contributed by atoms with Gasteiger partial charge in [0.1, 0.15) is 12.7 Å². The molecule has 0 saturated heterocycles. The summed E-state index contributed by atoms with van der Waals surface area (Å²) in [6, 6.07) is 9.48. The number of hydrogen-bond acceptors (Lipinski definition) is 5. The molecule has 26 heavy (non-hydrogen) atoms. The van der Waals surface area contributed by atoms with E-state index in [1.807, 2.05) is 30.3 Å². The van der Waals surface area contributed by atoms with Gasteiger partial charge in [0.15, 0.2) is 0 Å². The smallest absolute Gasteiger partial charge is 0.309 e. The largest absolute Gasteiger partial charge is 0.462 e. The Labute approximate surface area is 157 Å². The molecule has 5 nitrogen and oxygen atoms in total. The Morgan fingerprint density at radius 1 is 0.962 bits per heavy atom. The fourth-order valence-corrected chi connectivity index (χ4v) is 2.31. The number of carbonyl (C=O) groups is 2. The first-order valence-corrected chi connectivity index (χ1v) is 9.51. The topological polar surface area (TPSA) is 61.8 Å². The van der Waals surface area contributed by atoms with Gasteiger partial charge in [-0.15, -0.1) is 0 Å². The van der Waals surface area contributed by atoms with E-state index < -0.39 is 6.10 Å². The van der Waals surface area contributed by atoms with Crippen molar-refractivity contribution in [3.63, 3.8) is 0 Å². The molecule has 0 saturated carbocycles. The average Bonchev–Trinajstić information content (AvgIpc) is 2.63. The van der Waals surface area contributed by atoms with Crippen LogP contribution in [-0.4, -0.2) is 30.8 Å². The lowest BCUT2D eigenvalue weighted by Crippen LogP contribution is -2.20. The molecule has 0 aliphatic rings. The van der Waals surface area contributed by atoms with Gasteiger partial charge in [-0.1, -0.05) is 43.7 Å². The first-order valence-electron chi connectivity index (χ1n) is 9.51. The lowest BCUT2D eigenvalue weighted by atomic mass is 10.2. The fraction of sp³-hybridized carbons (Fsp3) is 0.619. The quantitative estimate of drug-likeness (QED) is 0.383. The summed E-state index contributed by atoms with van der Waals surface area (Å²) >= 11 is 0. The molecule has 0 radical (unpaired) electrons. The molecule has 0 bridgehead atoms. The number of benzene rings is 1. The molecule has 0 heterocycles. The first-order chi connectivity index (χ1) is 12.5. The molecule has 146 valence electrons. The molecule has 0 aliphatic carbocycles. The first kappa shape index (κ1) is 22.2. The number of rotatable bonds is 13. The minimum atomic E-state index is -0.473. The molecule has 2 unspecified atom stereocenters. The minimum Gasteiger partial charge on any atom is -0.462 e. The summed E-state index contributed by atoms with van der Waals surface area (Å²) in [7, 11) is 0. The molecule has 1 aromatic carbocycles. The predicted molar refractivity (Wildman–Crippen MR) is 101 cm³/mol. The maximum Gasteiger partial charge on any atom is 0.309 e. The lowest BCUT2D eigenvalue weighted by Gasteiger charge is -2.13. The molecule has 0 N–H and O–H groups in total. The Balaban J connectivity index is 2.07. The van der Waals surface area contributed by atoms with E-state index in [2.05, 4.69) is 13.8 Å². The van der Waals surface area contributed by atoms with Gasteiger partial charge in [0, 0.05) is 13.0 Å². The van der Waals surface area contributed by atoms with Crippen LogP contribution < -0.4 is 0 Å². The van der Waals surface area contributed by atoms with Gasteiger partial charge in [-0.25, -0.2) is 0 Å². The molecule has 0 aromatic heterocycles. The summed E-state index contributed by atoms with van der Waals surface area (Å²) in [5.74, 6) is -0.632. The van der Waals surface area contributed by atoms with Crippen molar-refractivity contribution < 1.29 is 23.8 Å². The van der Waals surface area contributed by atoms with Crippen molar-refractivity contribution in [3.8, 4) is 0 Å². The molecule has 5 heteroatoms. The Kier molecular flexibility index (Phi) is 11.4. The molecule has 1 rings (SSSR count). The van der Waals surface area contributed by atoms with Crippen molar-refractivity contribution in [2.24, 2.45) is 0 Å². The van der Waals surface area contributed by atoms with E-state index in [4.69, 9.17) is 14.2 Å². The zero-order valence-corrected chi connectivity index (χ0v) is 16.2. The third-order valence-corrected chi connectivity index (χ3v) is 4.03. The van der Waals surface area contributed by atoms with Gasteiger partial charge in [-0.2, -0.15) is 0 Å². The second-order valence-corrected chi connectivity index (χ2v) is 6.55. The van der Waals surface area contributed by atoms with Crippen LogP contribution in [0.15, 0.2) is 30.3 Å². The van der Waals surface area contributed by atoms with Crippen LogP contribution in [0.3, 0.4) is 0 Å². The summed E-state index contributed by atoms with van der Waals surface area (Å²) < 4.78 is 16.0. The molecular weight excluding hydrogens is 332 g/mol. The highest BCUT2D eigenvalue weighted by Gasteiger charge is 2.15. The van der Waals surface area contributed by atoms with E-state index in [9.17, 15) is 9.59 Å². The second kappa shape index (κ2) is 13.3. The second-order valence-electron chi connectivity index (χ2n) is 6.55. The summed E-state index contributed by atoms with van der Waals surface area (Å²) in [5.41, 5.74) is 0.933. The van der Waals surface area contributed by atoms with Crippen LogP contribution in [0.4, 0.5) is 0 Å². The standard InChI is InChI=1S/C21H32O5/c1-4-17(2)24-14-10-6-9-13-20(22)26-18(3)15-21(23)25-16-19-11-7-5-8-12-19/h5,7-8,11-12,17-18H,4,6,9-10,13-16H2,1-3H3. The van der Waals surface area contributed by atoms with Gasteiger partial charge in [-0.05, 0) is 38.7 Å². The number of carbonyl (C=O) groups excluding carboxylic acids is 2. The normalized spacial score (nSPS) is 13.0. The summed E-state index contributed by atoms with van der Waals surface area (Å²) in [5, 5.41) is 0. The van der Waals surface area contributed by atoms with E-state index in [0.29, 0.717) is 12.5 Å². The zero-order chi connectivity index (χ0) is 19.2. The molecule has 1 aromatic rings. The molecule has 0 amide bonds. The third-order valence-electron chi connectivity index (χ3n) is 4.03. The van der Waals surface area contributed by atoms with Crippen molar-refractivity contribution in [1.82, 2.24) is 0 Å². The third kappa shape index (κ3) is 10.9. The van der Waals surface area contributed by atoms with E-state index in [-0.39, 0.29) is 25.0 Å². The van der Waals surface area contributed by atoms with Crippen molar-refractivity contribution in [1.29, 1.82) is 0 Å². The lowest BCUT2D eigenvalue weighted by molar-refractivity contribution is -0.154. The summed E-state index contributed by atoms with van der Waals surface area (Å²) in [6.45, 7) is 6.83. The van der Waals surface area contributed by atoms with Crippen LogP contribution >= 0.6 is 0 Å². The van der Waals surface area contributed by atoms with Crippen LogP contribution in [0.1, 0.15) is 64.9 Å². The van der Waals surface area contributed by atoms with Crippen LogP contribution in [-0.2, 0) is 30.4 Å². The van der Waals surface area contributed by atoms with Crippen molar-refractivity contribution >= 4 is 11.9 Å². The van der Waals surface area contributed by atoms with Gasteiger partial charge in [-0.3, -0.25) is 9.59 Å². The van der Waals surface area contributed by atoms with Gasteiger partial charge in [0.25, 0.3) is 0 Å². The monoisotopic (exact) mass is 364 g/mol. The van der Waals surface area contributed by atoms with E-state index in [1.54, 1.807) is 6.92 Å². The number of unbranched alkanes of at least 4 members (excludes halogenated alkanes) is 2. The van der Waals surface area contributed by atoms with Crippen molar-refractivity contribution in [2.45, 2.75) is 78.1 Å². The van der Waals surface area contributed by atoms with Crippen LogP contribution in [0.2, 0.25) is 0 Å². The van der Waals surface area contributed by atoms with Crippen LogP contribution in [0.5, 0.6) is 0 Å². The molecule has 2 atom stereocenters. The highest BCUT2D eigenvalue weighted by atomic mass is 16.6. The zero-order valence-electron chi connectivity index (χ0n) is 16.2. The van der Waals surface area contributed by atoms with E-state index in [0.717, 1.165) is 37.9 Å². The molecule has 0 aliphatic heterocycles. The Bertz CT molecular complexity index is 514. The molecule has 0 spiro atoms. The number of esters is 2. The SMILES string of the molecule is CCC(C)OCCCCCC(=O)OC(C)CC(=O)OCc1ccccc1. The Morgan fingerprint density at radius 3 is 2.38 bits per heavy atom. The molecule has 0 fully saturated rings. The van der Waals surface area contributed by atoms with Crippen molar-refractivity contribution in [3.05, 3.63) is 35.9 Å². The summed E-state index contributed by atoms with van der Waals surface area (Å²) in [4.78, 5) is 23.6. The van der Waals surface area contributed by atoms with Gasteiger partial charge < -0.3 is 14.2 Å². The van der Waals surface area contributed by atoms with E-state index in [1.165, 1.54) is 0 Å². The Morgan fingerprint density at radius 2 is 1.69 bits per heavy atom. The van der Waals surface area contributed by atoms with Crippen LogP contribution in [0.25, 0.3) is 0 Å². The summed E-state index contributed by atoms with van der Waals surface area (Å²) in [6.07, 6.45) is 3.92. The van der Waals surface area contributed by atoms with Gasteiger partial charge in [0.05, 0.1) is 12.5 Å². The highest BCUT2D eigenvalue weighted by molar-refractivity contribution is 5.72. The van der Waals surface area contributed by atoms with Gasteiger partial charge in [0.2, 0.25) is 0 Å². The predicted octanol–water partition coefficient (Wildman–Crippen LogP) is 4.43. The highest BCUT2D eigenvalue weighted by Crippen LogP contribution is 2.08. The van der Waals surface area contributed by atoms with Crippen LogP contribution in [0, 0.1) is 0 Å². The van der Waals surface area contributed by atoms with E-state index >= 15 is 0 Å². The Hall–Kier alpha value is -1.88. The number of ether oxygens (including phenoxy) is 3. The minimum absolute atomic E-state index is 0.0708. The fourth-order valence-electron chi connectivity index (χ4n) is 2.31.